The molecule has 2 amide bonds. The first-order valence-corrected chi connectivity index (χ1v) is 8.96. The second-order valence-corrected chi connectivity index (χ2v) is 6.88. The number of hydrogen-bond acceptors (Lipinski definition) is 3. The summed E-state index contributed by atoms with van der Waals surface area (Å²) in [4.78, 5) is 26.5. The molecule has 5 heteroatoms. The zero-order valence-corrected chi connectivity index (χ0v) is 15.1. The van der Waals surface area contributed by atoms with E-state index in [1.165, 1.54) is 0 Å². The predicted molar refractivity (Wildman–Crippen MR) is 101 cm³/mol. The van der Waals surface area contributed by atoms with Crippen LogP contribution in [-0.4, -0.2) is 24.9 Å². The second-order valence-electron chi connectivity index (χ2n) is 6.88. The van der Waals surface area contributed by atoms with Crippen LogP contribution in [0.3, 0.4) is 0 Å². The third kappa shape index (κ3) is 4.23. The van der Waals surface area contributed by atoms with Crippen LogP contribution in [0.15, 0.2) is 54.6 Å². The number of nitrogens with zero attached hydrogens (tertiary/aromatic N) is 1. The molecule has 5 nitrogen and oxygen atoms in total. The van der Waals surface area contributed by atoms with E-state index in [1.807, 2.05) is 68.4 Å². The zero-order chi connectivity index (χ0) is 18.5. The quantitative estimate of drug-likeness (QED) is 0.808. The maximum Gasteiger partial charge on any atom is 0.239 e. The Kier molecular flexibility index (Phi) is 5.56. The molecule has 3 rings (SSSR count). The van der Waals surface area contributed by atoms with Gasteiger partial charge in [0.1, 0.15) is 17.4 Å². The summed E-state index contributed by atoms with van der Waals surface area (Å²) in [5.41, 5.74) is 0.787. The van der Waals surface area contributed by atoms with E-state index in [-0.39, 0.29) is 11.8 Å². The van der Waals surface area contributed by atoms with E-state index in [1.54, 1.807) is 4.90 Å². The van der Waals surface area contributed by atoms with E-state index in [0.29, 0.717) is 31.2 Å². The van der Waals surface area contributed by atoms with Crippen molar-refractivity contribution < 1.29 is 14.3 Å². The molecule has 2 aromatic rings. The summed E-state index contributed by atoms with van der Waals surface area (Å²) in [6.45, 7) is 5.20. The van der Waals surface area contributed by atoms with Gasteiger partial charge < -0.3 is 15.0 Å². The van der Waals surface area contributed by atoms with Crippen molar-refractivity contribution in [2.24, 2.45) is 11.8 Å². The molecule has 0 unspecified atom stereocenters. The minimum Gasteiger partial charge on any atom is -0.457 e. The van der Waals surface area contributed by atoms with Gasteiger partial charge in [0.2, 0.25) is 11.8 Å². The van der Waals surface area contributed by atoms with Crippen LogP contribution < -0.4 is 15.0 Å². The average Bonchev–Trinajstić information content (AvgIpc) is 3.03. The number of carbonyl (C=O) groups is 2. The van der Waals surface area contributed by atoms with Gasteiger partial charge in [-0.1, -0.05) is 32.0 Å². The van der Waals surface area contributed by atoms with Crippen molar-refractivity contribution in [2.45, 2.75) is 20.3 Å². The Balaban J connectivity index is 1.62. The Bertz CT molecular complexity index is 757. The standard InChI is InChI=1S/C21H24N2O3/c1-15(2)14-22-20(24)19-12-13-23(21(19)25)16-8-10-18(11-9-16)26-17-6-4-3-5-7-17/h3-11,15,19H,12-14H2,1-2H3,(H,22,24)/t19-/m1/s1. The SMILES string of the molecule is CC(C)CNC(=O)[C@H]1CCN(c2ccc(Oc3ccccc3)cc2)C1=O. The Hall–Kier alpha value is -2.82. The number of carbonyl (C=O) groups excluding carboxylic acids is 2. The third-order valence-electron chi connectivity index (χ3n) is 4.33. The van der Waals surface area contributed by atoms with E-state index in [9.17, 15) is 9.59 Å². The molecule has 136 valence electrons. The van der Waals surface area contributed by atoms with E-state index >= 15 is 0 Å². The Morgan fingerprint density at radius 1 is 1.12 bits per heavy atom. The molecule has 0 aliphatic carbocycles. The number of amides is 2. The lowest BCUT2D eigenvalue weighted by atomic mass is 10.1. The van der Waals surface area contributed by atoms with Crippen LogP contribution >= 0.6 is 0 Å². The summed E-state index contributed by atoms with van der Waals surface area (Å²) in [6, 6.07) is 16.9. The summed E-state index contributed by atoms with van der Waals surface area (Å²) in [7, 11) is 0. The van der Waals surface area contributed by atoms with Crippen LogP contribution in [0.1, 0.15) is 20.3 Å². The predicted octanol–water partition coefficient (Wildman–Crippen LogP) is 3.60. The van der Waals surface area contributed by atoms with Gasteiger partial charge in [-0.2, -0.15) is 0 Å². The molecule has 26 heavy (non-hydrogen) atoms. The van der Waals surface area contributed by atoms with Crippen molar-refractivity contribution in [2.75, 3.05) is 18.0 Å². The molecule has 0 radical (unpaired) electrons. The average molecular weight is 352 g/mol. The van der Waals surface area contributed by atoms with E-state index < -0.39 is 5.92 Å². The van der Waals surface area contributed by atoms with E-state index in [0.717, 1.165) is 11.4 Å². The van der Waals surface area contributed by atoms with Crippen molar-refractivity contribution in [3.8, 4) is 11.5 Å². The monoisotopic (exact) mass is 352 g/mol. The second kappa shape index (κ2) is 8.04. The molecule has 2 aromatic carbocycles. The third-order valence-corrected chi connectivity index (χ3v) is 4.33. The van der Waals surface area contributed by atoms with Gasteiger partial charge in [0, 0.05) is 18.8 Å². The van der Waals surface area contributed by atoms with Crippen molar-refractivity contribution >= 4 is 17.5 Å². The normalized spacial score (nSPS) is 16.8. The highest BCUT2D eigenvalue weighted by molar-refractivity contribution is 6.09. The zero-order valence-electron chi connectivity index (χ0n) is 15.1. The molecule has 1 atom stereocenters. The van der Waals surface area contributed by atoms with Crippen LogP contribution in [0.4, 0.5) is 5.69 Å². The van der Waals surface area contributed by atoms with Gasteiger partial charge in [-0.05, 0) is 48.7 Å². The molecular weight excluding hydrogens is 328 g/mol. The first-order chi connectivity index (χ1) is 12.5. The van der Waals surface area contributed by atoms with Gasteiger partial charge in [0.25, 0.3) is 0 Å². The molecule has 1 saturated heterocycles. The molecular formula is C21H24N2O3. The number of para-hydroxylation sites is 1. The minimum atomic E-state index is -0.589. The van der Waals surface area contributed by atoms with Crippen molar-refractivity contribution in [1.29, 1.82) is 0 Å². The summed E-state index contributed by atoms with van der Waals surface area (Å²) in [5.74, 6) is 0.938. The topological polar surface area (TPSA) is 58.6 Å². The summed E-state index contributed by atoms with van der Waals surface area (Å²) < 4.78 is 5.77. The van der Waals surface area contributed by atoms with Gasteiger partial charge >= 0.3 is 0 Å². The van der Waals surface area contributed by atoms with Crippen molar-refractivity contribution in [1.82, 2.24) is 5.32 Å². The number of benzene rings is 2. The van der Waals surface area contributed by atoms with Gasteiger partial charge in [-0.25, -0.2) is 0 Å². The highest BCUT2D eigenvalue weighted by Gasteiger charge is 2.37. The molecule has 0 spiro atoms. The minimum absolute atomic E-state index is 0.136. The molecule has 1 N–H and O–H groups in total. The fourth-order valence-electron chi connectivity index (χ4n) is 2.93. The fourth-order valence-corrected chi connectivity index (χ4v) is 2.93. The molecule has 1 heterocycles. The molecule has 0 bridgehead atoms. The number of hydrogen-bond donors (Lipinski definition) is 1. The van der Waals surface area contributed by atoms with Crippen molar-refractivity contribution in [3.05, 3.63) is 54.6 Å². The van der Waals surface area contributed by atoms with Crippen molar-refractivity contribution in [3.63, 3.8) is 0 Å². The van der Waals surface area contributed by atoms with Crippen LogP contribution in [0.2, 0.25) is 0 Å². The molecule has 0 aromatic heterocycles. The lowest BCUT2D eigenvalue weighted by Crippen LogP contribution is -2.38. The Labute approximate surface area is 154 Å². The maximum atomic E-state index is 12.6. The molecule has 0 saturated carbocycles. The van der Waals surface area contributed by atoms with Gasteiger partial charge in [0.05, 0.1) is 0 Å². The summed E-state index contributed by atoms with van der Waals surface area (Å²) in [6.07, 6.45) is 0.547. The lowest BCUT2D eigenvalue weighted by molar-refractivity contribution is -0.132. The number of ether oxygens (including phenoxy) is 1. The van der Waals surface area contributed by atoms with Gasteiger partial charge in [0.15, 0.2) is 0 Å². The van der Waals surface area contributed by atoms with Crippen LogP contribution in [0.5, 0.6) is 11.5 Å². The van der Waals surface area contributed by atoms with Crippen LogP contribution in [-0.2, 0) is 9.59 Å². The highest BCUT2D eigenvalue weighted by atomic mass is 16.5. The lowest BCUT2D eigenvalue weighted by Gasteiger charge is -2.17. The number of rotatable bonds is 6. The summed E-state index contributed by atoms with van der Waals surface area (Å²) in [5, 5.41) is 2.86. The Morgan fingerprint density at radius 3 is 2.42 bits per heavy atom. The fraction of sp³-hybridized carbons (Fsp3) is 0.333. The smallest absolute Gasteiger partial charge is 0.239 e. The molecule has 1 aliphatic heterocycles. The molecule has 1 aliphatic rings. The van der Waals surface area contributed by atoms with Crippen LogP contribution in [0.25, 0.3) is 0 Å². The number of anilines is 1. The van der Waals surface area contributed by atoms with Gasteiger partial charge in [-0.3, -0.25) is 9.59 Å². The number of nitrogens with one attached hydrogen (secondary N) is 1. The van der Waals surface area contributed by atoms with E-state index in [4.69, 9.17) is 4.74 Å². The molecule has 1 fully saturated rings. The first-order valence-electron chi connectivity index (χ1n) is 8.96. The van der Waals surface area contributed by atoms with Gasteiger partial charge in [-0.15, -0.1) is 0 Å². The summed E-state index contributed by atoms with van der Waals surface area (Å²) >= 11 is 0. The van der Waals surface area contributed by atoms with E-state index in [2.05, 4.69) is 5.32 Å². The Morgan fingerprint density at radius 2 is 1.77 bits per heavy atom. The highest BCUT2D eigenvalue weighted by Crippen LogP contribution is 2.28. The first kappa shape index (κ1) is 18.0. The van der Waals surface area contributed by atoms with Crippen LogP contribution in [0, 0.1) is 11.8 Å². The maximum absolute atomic E-state index is 12.6. The largest absolute Gasteiger partial charge is 0.457 e.